The predicted molar refractivity (Wildman–Crippen MR) is 70.0 cm³/mol. The van der Waals surface area contributed by atoms with Gasteiger partial charge in [0.25, 0.3) is 5.95 Å². The molecule has 0 atom stereocenters. The zero-order valence-corrected chi connectivity index (χ0v) is 11.8. The Balaban J connectivity index is 2.57. The smallest absolute Gasteiger partial charge is 0.213 e. The number of aryl methyl sites for hydroxylation is 2. The van der Waals surface area contributed by atoms with Crippen molar-refractivity contribution in [2.24, 2.45) is 0 Å². The molecule has 0 aliphatic heterocycles. The molecule has 0 aliphatic carbocycles. The van der Waals surface area contributed by atoms with E-state index in [9.17, 15) is 0 Å². The van der Waals surface area contributed by atoms with Crippen LogP contribution in [0.4, 0.5) is 0 Å². The Bertz CT molecular complexity index is 583. The number of hydrogen-bond acceptors (Lipinski definition) is 4. The van der Waals surface area contributed by atoms with Crippen molar-refractivity contribution in [2.75, 3.05) is 0 Å². The van der Waals surface area contributed by atoms with Gasteiger partial charge >= 0.3 is 0 Å². The van der Waals surface area contributed by atoms with E-state index in [1.165, 1.54) is 5.56 Å². The Morgan fingerprint density at radius 3 is 2.11 bits per heavy atom. The van der Waals surface area contributed by atoms with Crippen LogP contribution in [0.5, 0.6) is 0 Å². The topological polar surface area (TPSA) is 56.5 Å². The van der Waals surface area contributed by atoms with Crippen LogP contribution in [0.3, 0.4) is 0 Å². The van der Waals surface area contributed by atoms with Gasteiger partial charge in [0.05, 0.1) is 17.1 Å². The highest BCUT2D eigenvalue weighted by molar-refractivity contribution is 5.30. The van der Waals surface area contributed by atoms with Crippen LogP contribution in [-0.2, 0) is 0 Å². The molecule has 0 fully saturated rings. The molecule has 0 radical (unpaired) electrons. The second-order valence-electron chi connectivity index (χ2n) is 4.94. The Morgan fingerprint density at radius 1 is 0.944 bits per heavy atom. The Kier molecular flexibility index (Phi) is 3.15. The zero-order chi connectivity index (χ0) is 13.4. The van der Waals surface area contributed by atoms with Crippen LogP contribution in [0.25, 0.3) is 5.95 Å². The summed E-state index contributed by atoms with van der Waals surface area (Å²) in [5.41, 5.74) is 5.10. The Hall–Kier alpha value is -1.78. The lowest BCUT2D eigenvalue weighted by atomic mass is 10.1. The molecule has 5 heteroatoms. The van der Waals surface area contributed by atoms with E-state index in [1.54, 1.807) is 4.68 Å². The highest BCUT2D eigenvalue weighted by atomic mass is 15.4. The molecule has 0 amide bonds. The fourth-order valence-corrected chi connectivity index (χ4v) is 1.88. The van der Waals surface area contributed by atoms with E-state index in [-0.39, 0.29) is 0 Å². The maximum Gasteiger partial charge on any atom is 0.270 e. The summed E-state index contributed by atoms with van der Waals surface area (Å²) in [5.74, 6) is 0.940. The second-order valence-corrected chi connectivity index (χ2v) is 4.94. The lowest BCUT2D eigenvalue weighted by molar-refractivity contribution is 0.705. The summed E-state index contributed by atoms with van der Waals surface area (Å²) in [6.07, 6.45) is 0. The average Bonchev–Trinajstić information content (AvgIpc) is 2.60. The lowest BCUT2D eigenvalue weighted by Crippen LogP contribution is -2.09. The Morgan fingerprint density at radius 2 is 1.61 bits per heavy atom. The minimum absolute atomic E-state index is 0.393. The third-order valence-electron chi connectivity index (χ3n) is 3.27. The average molecular weight is 245 g/mol. The van der Waals surface area contributed by atoms with Gasteiger partial charge in [-0.1, -0.05) is 13.8 Å². The predicted octanol–water partition coefficient (Wildman–Crippen LogP) is 2.41. The van der Waals surface area contributed by atoms with Crippen LogP contribution in [0.1, 0.15) is 48.1 Å². The molecule has 0 aliphatic rings. The van der Waals surface area contributed by atoms with Crippen molar-refractivity contribution in [3.05, 3.63) is 28.3 Å². The van der Waals surface area contributed by atoms with Crippen molar-refractivity contribution in [1.29, 1.82) is 0 Å². The first kappa shape index (κ1) is 12.7. The number of nitrogens with zero attached hydrogens (tertiary/aromatic N) is 5. The van der Waals surface area contributed by atoms with E-state index in [2.05, 4.69) is 41.1 Å². The molecule has 0 saturated heterocycles. The molecule has 0 saturated carbocycles. The summed E-state index contributed by atoms with van der Waals surface area (Å²) in [7, 11) is 0. The first-order valence-electron chi connectivity index (χ1n) is 6.16. The van der Waals surface area contributed by atoms with Crippen LogP contribution < -0.4 is 0 Å². The summed E-state index contributed by atoms with van der Waals surface area (Å²) in [6.45, 7) is 12.2. The highest BCUT2D eigenvalue weighted by Gasteiger charge is 2.16. The van der Waals surface area contributed by atoms with Crippen molar-refractivity contribution >= 4 is 0 Å². The van der Waals surface area contributed by atoms with Gasteiger partial charge in [0, 0.05) is 5.69 Å². The standard InChI is InChI=1S/C13H19N5/c1-7(2)12-8(3)11(6)18(17-12)13-14-9(4)10(5)15-16-13/h7H,1-6H3. The van der Waals surface area contributed by atoms with Crippen LogP contribution in [-0.4, -0.2) is 25.0 Å². The van der Waals surface area contributed by atoms with Crippen LogP contribution in [0.15, 0.2) is 0 Å². The van der Waals surface area contributed by atoms with Gasteiger partial charge in [-0.25, -0.2) is 9.67 Å². The molecule has 0 N–H and O–H groups in total. The van der Waals surface area contributed by atoms with Gasteiger partial charge in [0.15, 0.2) is 0 Å². The second kappa shape index (κ2) is 4.48. The molecule has 5 nitrogen and oxygen atoms in total. The van der Waals surface area contributed by atoms with E-state index < -0.39 is 0 Å². The third-order valence-corrected chi connectivity index (χ3v) is 3.27. The van der Waals surface area contributed by atoms with Crippen molar-refractivity contribution in [1.82, 2.24) is 25.0 Å². The van der Waals surface area contributed by atoms with Gasteiger partial charge in [-0.15, -0.1) is 5.10 Å². The van der Waals surface area contributed by atoms with Crippen molar-refractivity contribution in [3.8, 4) is 5.95 Å². The van der Waals surface area contributed by atoms with Crippen molar-refractivity contribution in [2.45, 2.75) is 47.5 Å². The van der Waals surface area contributed by atoms with Gasteiger partial charge in [-0.2, -0.15) is 10.2 Å². The van der Waals surface area contributed by atoms with E-state index in [0.29, 0.717) is 11.9 Å². The molecular formula is C13H19N5. The molecule has 0 unspecified atom stereocenters. The van der Waals surface area contributed by atoms with E-state index >= 15 is 0 Å². The molecule has 0 aromatic carbocycles. The fourth-order valence-electron chi connectivity index (χ4n) is 1.88. The van der Waals surface area contributed by atoms with Gasteiger partial charge in [-0.05, 0) is 39.2 Å². The third kappa shape index (κ3) is 2.00. The van der Waals surface area contributed by atoms with Gasteiger partial charge in [0.2, 0.25) is 0 Å². The molecule has 2 aromatic rings. The molecule has 2 heterocycles. The summed E-state index contributed by atoms with van der Waals surface area (Å²) < 4.78 is 1.78. The SMILES string of the molecule is Cc1nnc(-n2nc(C(C)C)c(C)c2C)nc1C. The van der Waals surface area contributed by atoms with Gasteiger partial charge < -0.3 is 0 Å². The van der Waals surface area contributed by atoms with Crippen LogP contribution in [0, 0.1) is 27.7 Å². The first-order chi connectivity index (χ1) is 8.41. The van der Waals surface area contributed by atoms with E-state index in [0.717, 1.165) is 22.8 Å². The fraction of sp³-hybridized carbons (Fsp3) is 0.538. The maximum absolute atomic E-state index is 4.60. The summed E-state index contributed by atoms with van der Waals surface area (Å²) >= 11 is 0. The quantitative estimate of drug-likeness (QED) is 0.815. The summed E-state index contributed by atoms with van der Waals surface area (Å²) in [4.78, 5) is 4.44. The maximum atomic E-state index is 4.60. The van der Waals surface area contributed by atoms with E-state index in [1.807, 2.05) is 20.8 Å². The molecule has 2 rings (SSSR count). The van der Waals surface area contributed by atoms with Crippen molar-refractivity contribution < 1.29 is 0 Å². The van der Waals surface area contributed by atoms with Crippen LogP contribution in [0.2, 0.25) is 0 Å². The molecule has 2 aromatic heterocycles. The molecule has 18 heavy (non-hydrogen) atoms. The number of rotatable bonds is 2. The van der Waals surface area contributed by atoms with E-state index in [4.69, 9.17) is 0 Å². The summed E-state index contributed by atoms with van der Waals surface area (Å²) in [6, 6.07) is 0. The Labute approximate surface area is 107 Å². The van der Waals surface area contributed by atoms with Gasteiger partial charge in [0.1, 0.15) is 0 Å². The minimum Gasteiger partial charge on any atom is -0.213 e. The van der Waals surface area contributed by atoms with Crippen molar-refractivity contribution in [3.63, 3.8) is 0 Å². The van der Waals surface area contributed by atoms with Gasteiger partial charge in [-0.3, -0.25) is 0 Å². The molecule has 96 valence electrons. The minimum atomic E-state index is 0.393. The number of hydrogen-bond donors (Lipinski definition) is 0. The largest absolute Gasteiger partial charge is 0.270 e. The van der Waals surface area contributed by atoms with Crippen LogP contribution >= 0.6 is 0 Å². The normalized spacial score (nSPS) is 11.3. The number of aromatic nitrogens is 5. The molecule has 0 bridgehead atoms. The highest BCUT2D eigenvalue weighted by Crippen LogP contribution is 2.21. The lowest BCUT2D eigenvalue weighted by Gasteiger charge is -2.03. The molecular weight excluding hydrogens is 226 g/mol. The monoisotopic (exact) mass is 245 g/mol. The first-order valence-corrected chi connectivity index (χ1v) is 6.16. The molecule has 0 spiro atoms. The summed E-state index contributed by atoms with van der Waals surface area (Å²) in [5, 5.41) is 12.8. The zero-order valence-electron chi connectivity index (χ0n) is 11.8.